The number of hydrogen-bond donors (Lipinski definition) is 2. The Labute approximate surface area is 117 Å². The molecule has 0 saturated carbocycles. The molecule has 0 aliphatic carbocycles. The Kier molecular flexibility index (Phi) is 5.76. The average Bonchev–Trinajstić information content (AvgIpc) is 2.33. The molecule has 2 N–H and O–H groups in total. The monoisotopic (exact) mass is 281 g/mol. The second-order valence-electron chi connectivity index (χ2n) is 4.49. The summed E-state index contributed by atoms with van der Waals surface area (Å²) in [5.74, 6) is 0.0905. The largest absolute Gasteiger partial charge is 0.484 e. The van der Waals surface area contributed by atoms with Crippen molar-refractivity contribution in [3.05, 3.63) is 28.3 Å². The van der Waals surface area contributed by atoms with E-state index in [-0.39, 0.29) is 23.4 Å². The van der Waals surface area contributed by atoms with Crippen molar-refractivity contribution in [3.8, 4) is 5.75 Å². The second kappa shape index (κ2) is 7.32. The van der Waals surface area contributed by atoms with E-state index in [4.69, 9.17) is 4.74 Å². The lowest BCUT2D eigenvalue weighted by Crippen LogP contribution is -2.26. The van der Waals surface area contributed by atoms with Crippen LogP contribution in [-0.4, -0.2) is 30.0 Å². The van der Waals surface area contributed by atoms with Gasteiger partial charge >= 0.3 is 5.69 Å². The quantitative estimate of drug-likeness (QED) is 0.452. The third-order valence-electron chi connectivity index (χ3n) is 2.36. The van der Waals surface area contributed by atoms with Crippen LogP contribution in [0.15, 0.2) is 18.2 Å². The van der Waals surface area contributed by atoms with Crippen LogP contribution in [0.5, 0.6) is 5.75 Å². The summed E-state index contributed by atoms with van der Waals surface area (Å²) < 4.78 is 5.44. The van der Waals surface area contributed by atoms with Gasteiger partial charge in [0.15, 0.2) is 5.75 Å². The Morgan fingerprint density at radius 2 is 2.10 bits per heavy atom. The van der Waals surface area contributed by atoms with Crippen LogP contribution in [0, 0.1) is 10.1 Å². The van der Waals surface area contributed by atoms with E-state index in [1.807, 2.05) is 0 Å². The van der Waals surface area contributed by atoms with Gasteiger partial charge in [0, 0.05) is 20.0 Å². The second-order valence-corrected chi connectivity index (χ2v) is 4.49. The molecule has 1 rings (SSSR count). The number of nitro groups is 1. The van der Waals surface area contributed by atoms with Gasteiger partial charge in [-0.3, -0.25) is 14.9 Å². The zero-order chi connectivity index (χ0) is 15.1. The van der Waals surface area contributed by atoms with E-state index in [0.29, 0.717) is 18.8 Å². The number of nitrogens with one attached hydrogen (secondary N) is 2. The van der Waals surface area contributed by atoms with E-state index in [2.05, 4.69) is 10.6 Å². The number of amides is 1. The number of para-hydroxylation sites is 1. The van der Waals surface area contributed by atoms with Gasteiger partial charge in [-0.2, -0.15) is 0 Å². The first-order chi connectivity index (χ1) is 9.41. The molecule has 110 valence electrons. The zero-order valence-corrected chi connectivity index (χ0v) is 11.8. The molecule has 0 spiro atoms. The van der Waals surface area contributed by atoms with Gasteiger partial charge < -0.3 is 15.4 Å². The summed E-state index contributed by atoms with van der Waals surface area (Å²) in [5.41, 5.74) is 0.280. The number of nitrogens with zero attached hydrogens (tertiary/aromatic N) is 1. The van der Waals surface area contributed by atoms with Crippen LogP contribution in [-0.2, 0) is 4.79 Å². The van der Waals surface area contributed by atoms with Gasteiger partial charge in [-0.25, -0.2) is 0 Å². The fourth-order valence-corrected chi connectivity index (χ4v) is 1.64. The standard InChI is InChI=1S/C13H19N3O4/c1-9(2)20-12-6-4-5-11(13(12)16(18)19)15-8-7-14-10(3)17/h4-6,9,15H,7-8H2,1-3H3,(H,14,17). The summed E-state index contributed by atoms with van der Waals surface area (Å²) in [5, 5.41) is 16.7. The molecular formula is C13H19N3O4. The van der Waals surface area contributed by atoms with Crippen molar-refractivity contribution < 1.29 is 14.5 Å². The summed E-state index contributed by atoms with van der Waals surface area (Å²) in [7, 11) is 0. The molecular weight excluding hydrogens is 262 g/mol. The van der Waals surface area contributed by atoms with E-state index in [1.54, 1.807) is 32.0 Å². The molecule has 1 aromatic carbocycles. The van der Waals surface area contributed by atoms with Crippen molar-refractivity contribution in [3.63, 3.8) is 0 Å². The first-order valence-electron chi connectivity index (χ1n) is 6.34. The molecule has 0 aromatic heterocycles. The van der Waals surface area contributed by atoms with Crippen LogP contribution >= 0.6 is 0 Å². The first kappa shape index (κ1) is 15.7. The number of ether oxygens (including phenoxy) is 1. The smallest absolute Gasteiger partial charge is 0.333 e. The Morgan fingerprint density at radius 1 is 1.40 bits per heavy atom. The molecule has 0 aliphatic rings. The lowest BCUT2D eigenvalue weighted by atomic mass is 10.2. The SMILES string of the molecule is CC(=O)NCCNc1cccc(OC(C)C)c1[N+](=O)[O-]. The predicted octanol–water partition coefficient (Wildman–Crippen LogP) is 1.93. The van der Waals surface area contributed by atoms with Crippen molar-refractivity contribution in [1.29, 1.82) is 0 Å². The third kappa shape index (κ3) is 4.75. The zero-order valence-electron chi connectivity index (χ0n) is 11.8. The number of anilines is 1. The fourth-order valence-electron chi connectivity index (χ4n) is 1.64. The number of carbonyl (C=O) groups is 1. The molecule has 0 unspecified atom stereocenters. The average molecular weight is 281 g/mol. The molecule has 7 nitrogen and oxygen atoms in total. The molecule has 0 atom stereocenters. The Hall–Kier alpha value is -2.31. The Balaban J connectivity index is 2.83. The highest BCUT2D eigenvalue weighted by Crippen LogP contribution is 2.35. The number of carbonyl (C=O) groups excluding carboxylic acids is 1. The van der Waals surface area contributed by atoms with Crippen molar-refractivity contribution in [2.45, 2.75) is 26.9 Å². The molecule has 20 heavy (non-hydrogen) atoms. The van der Waals surface area contributed by atoms with Crippen LogP contribution in [0.1, 0.15) is 20.8 Å². The number of nitro benzene ring substituents is 1. The van der Waals surface area contributed by atoms with Gasteiger partial charge in [-0.15, -0.1) is 0 Å². The van der Waals surface area contributed by atoms with Crippen LogP contribution in [0.3, 0.4) is 0 Å². The van der Waals surface area contributed by atoms with E-state index >= 15 is 0 Å². The Bertz CT molecular complexity index is 489. The molecule has 0 bridgehead atoms. The van der Waals surface area contributed by atoms with Gasteiger partial charge in [0.05, 0.1) is 11.0 Å². The highest BCUT2D eigenvalue weighted by molar-refractivity contribution is 5.73. The fraction of sp³-hybridized carbons (Fsp3) is 0.462. The molecule has 1 aromatic rings. The molecule has 0 fully saturated rings. The highest BCUT2D eigenvalue weighted by Gasteiger charge is 2.21. The van der Waals surface area contributed by atoms with Gasteiger partial charge in [-0.1, -0.05) is 6.07 Å². The number of benzene rings is 1. The summed E-state index contributed by atoms with van der Waals surface area (Å²) >= 11 is 0. The maximum Gasteiger partial charge on any atom is 0.333 e. The molecule has 1 amide bonds. The van der Waals surface area contributed by atoms with Crippen LogP contribution < -0.4 is 15.4 Å². The van der Waals surface area contributed by atoms with Crippen molar-refractivity contribution in [2.75, 3.05) is 18.4 Å². The molecule has 7 heteroatoms. The maximum absolute atomic E-state index is 11.2. The number of hydrogen-bond acceptors (Lipinski definition) is 5. The van der Waals surface area contributed by atoms with Gasteiger partial charge in [0.2, 0.25) is 5.91 Å². The van der Waals surface area contributed by atoms with Crippen molar-refractivity contribution in [1.82, 2.24) is 5.32 Å². The normalized spacial score (nSPS) is 10.2. The lowest BCUT2D eigenvalue weighted by Gasteiger charge is -2.13. The van der Waals surface area contributed by atoms with Gasteiger partial charge in [0.25, 0.3) is 0 Å². The molecule has 0 heterocycles. The van der Waals surface area contributed by atoms with Gasteiger partial charge in [0.1, 0.15) is 5.69 Å². The van der Waals surface area contributed by atoms with Crippen LogP contribution in [0.25, 0.3) is 0 Å². The summed E-state index contributed by atoms with van der Waals surface area (Å²) in [6.07, 6.45) is -0.150. The van der Waals surface area contributed by atoms with Crippen molar-refractivity contribution in [2.24, 2.45) is 0 Å². The van der Waals surface area contributed by atoms with E-state index in [9.17, 15) is 14.9 Å². The lowest BCUT2D eigenvalue weighted by molar-refractivity contribution is -0.385. The first-order valence-corrected chi connectivity index (χ1v) is 6.34. The highest BCUT2D eigenvalue weighted by atomic mass is 16.6. The van der Waals surface area contributed by atoms with Crippen LogP contribution in [0.2, 0.25) is 0 Å². The minimum absolute atomic E-state index is 0.0935. The van der Waals surface area contributed by atoms with Crippen LogP contribution in [0.4, 0.5) is 11.4 Å². The minimum atomic E-state index is -0.474. The van der Waals surface area contributed by atoms with E-state index in [0.717, 1.165) is 0 Å². The summed E-state index contributed by atoms with van der Waals surface area (Å²) in [6.45, 7) is 5.81. The van der Waals surface area contributed by atoms with E-state index < -0.39 is 4.92 Å². The molecule has 0 aliphatic heterocycles. The summed E-state index contributed by atoms with van der Waals surface area (Å²) in [6, 6.07) is 4.86. The molecule has 0 radical (unpaired) electrons. The predicted molar refractivity (Wildman–Crippen MR) is 76.0 cm³/mol. The van der Waals surface area contributed by atoms with Crippen molar-refractivity contribution >= 4 is 17.3 Å². The third-order valence-corrected chi connectivity index (χ3v) is 2.36. The topological polar surface area (TPSA) is 93.5 Å². The number of rotatable bonds is 7. The minimum Gasteiger partial charge on any atom is -0.484 e. The van der Waals surface area contributed by atoms with E-state index in [1.165, 1.54) is 6.92 Å². The van der Waals surface area contributed by atoms with Gasteiger partial charge in [-0.05, 0) is 26.0 Å². The molecule has 0 saturated heterocycles. The Morgan fingerprint density at radius 3 is 2.65 bits per heavy atom. The summed E-state index contributed by atoms with van der Waals surface area (Å²) in [4.78, 5) is 21.4. The maximum atomic E-state index is 11.2.